The van der Waals surface area contributed by atoms with E-state index in [2.05, 4.69) is 32.7 Å². The number of fused-ring (bicyclic) bond motifs is 1. The zero-order valence-corrected chi connectivity index (χ0v) is 21.7. The van der Waals surface area contributed by atoms with Crippen LogP contribution >= 0.6 is 0 Å². The molecule has 1 saturated heterocycles. The van der Waals surface area contributed by atoms with Crippen LogP contribution in [0, 0.1) is 0 Å². The Hall–Kier alpha value is -3.67. The fourth-order valence-corrected chi connectivity index (χ4v) is 5.07. The van der Waals surface area contributed by atoms with Gasteiger partial charge >= 0.3 is 0 Å². The first-order valence-corrected chi connectivity index (χ1v) is 14.0. The Bertz CT molecular complexity index is 1490. The van der Waals surface area contributed by atoms with Crippen molar-refractivity contribution in [2.75, 3.05) is 54.1 Å². The zero-order chi connectivity index (χ0) is 26.0. The molecule has 0 bridgehead atoms. The fraction of sp³-hybridized carbons (Fsp3) is 0.308. The lowest BCUT2D eigenvalue weighted by molar-refractivity contribution is 0.235. The Morgan fingerprint density at radius 1 is 1.16 bits per heavy atom. The lowest BCUT2D eigenvalue weighted by Gasteiger charge is -2.34. The van der Waals surface area contributed by atoms with E-state index in [4.69, 9.17) is 4.98 Å². The molecule has 4 aromatic rings. The summed E-state index contributed by atoms with van der Waals surface area (Å²) < 4.78 is 27.5. The highest BCUT2D eigenvalue weighted by atomic mass is 32.2. The summed E-state index contributed by atoms with van der Waals surface area (Å²) in [5.74, 6) is 0.476. The van der Waals surface area contributed by atoms with Gasteiger partial charge in [0.2, 0.25) is 16.0 Å². The monoisotopic (exact) mass is 521 g/mol. The Kier molecular flexibility index (Phi) is 7.00. The van der Waals surface area contributed by atoms with E-state index in [-0.39, 0.29) is 12.6 Å². The van der Waals surface area contributed by atoms with Crippen LogP contribution in [0.5, 0.6) is 0 Å². The van der Waals surface area contributed by atoms with Gasteiger partial charge in [-0.05, 0) is 42.0 Å². The van der Waals surface area contributed by atoms with Crippen LogP contribution in [0.1, 0.15) is 5.56 Å². The number of aliphatic hydroxyl groups excluding tert-OH is 1. The van der Waals surface area contributed by atoms with Crippen molar-refractivity contribution in [2.45, 2.75) is 12.6 Å². The van der Waals surface area contributed by atoms with Crippen molar-refractivity contribution >= 4 is 44.1 Å². The van der Waals surface area contributed by atoms with Crippen molar-refractivity contribution in [1.29, 1.82) is 0 Å². The fourth-order valence-electron chi connectivity index (χ4n) is 4.54. The van der Waals surface area contributed by atoms with Crippen LogP contribution in [0.2, 0.25) is 0 Å². The van der Waals surface area contributed by atoms with E-state index in [1.165, 1.54) is 10.6 Å². The van der Waals surface area contributed by atoms with Gasteiger partial charge in [0.15, 0.2) is 0 Å². The van der Waals surface area contributed by atoms with Gasteiger partial charge in [-0.15, -0.1) is 0 Å². The van der Waals surface area contributed by atoms with E-state index in [1.807, 2.05) is 47.2 Å². The van der Waals surface area contributed by atoms with E-state index < -0.39 is 10.0 Å². The second-order valence-electron chi connectivity index (χ2n) is 9.23. The number of nitrogens with one attached hydrogen (secondary N) is 2. The van der Waals surface area contributed by atoms with Crippen LogP contribution in [0.4, 0.5) is 23.0 Å². The lowest BCUT2D eigenvalue weighted by Crippen LogP contribution is -2.52. The Balaban J connectivity index is 1.35. The normalized spacial score (nSPS) is 16.2. The van der Waals surface area contributed by atoms with Gasteiger partial charge in [0.25, 0.3) is 0 Å². The number of anilines is 4. The predicted octanol–water partition coefficient (Wildman–Crippen LogP) is 2.39. The highest BCUT2D eigenvalue weighted by molar-refractivity contribution is 7.92. The molecule has 0 radical (unpaired) electrons. The lowest BCUT2D eigenvalue weighted by atomic mass is 10.2. The van der Waals surface area contributed by atoms with Crippen molar-refractivity contribution in [2.24, 2.45) is 0 Å². The minimum absolute atomic E-state index is 0.0849. The molecule has 194 valence electrons. The van der Waals surface area contributed by atoms with E-state index in [0.717, 1.165) is 47.6 Å². The first-order valence-electron chi connectivity index (χ1n) is 12.1. The van der Waals surface area contributed by atoms with Crippen LogP contribution in [0.25, 0.3) is 11.0 Å². The Morgan fingerprint density at radius 2 is 1.95 bits per heavy atom. The van der Waals surface area contributed by atoms with E-state index >= 15 is 0 Å². The second-order valence-corrected chi connectivity index (χ2v) is 11.2. The first kappa shape index (κ1) is 25.0. The second kappa shape index (κ2) is 10.4. The number of benzene rings is 2. The number of para-hydroxylation sites is 1. The van der Waals surface area contributed by atoms with Gasteiger partial charge in [0.05, 0.1) is 25.1 Å². The molecule has 1 unspecified atom stereocenters. The largest absolute Gasteiger partial charge is 0.395 e. The number of piperazine rings is 1. The minimum Gasteiger partial charge on any atom is -0.395 e. The molecule has 2 aromatic carbocycles. The molecule has 1 aliphatic heterocycles. The van der Waals surface area contributed by atoms with E-state index in [1.54, 1.807) is 19.3 Å². The summed E-state index contributed by atoms with van der Waals surface area (Å²) in [5, 5.41) is 16.9. The molecule has 2 aromatic heterocycles. The molecule has 0 aliphatic carbocycles. The summed E-state index contributed by atoms with van der Waals surface area (Å²) in [5.41, 5.74) is 4.23. The van der Waals surface area contributed by atoms with Gasteiger partial charge in [-0.3, -0.25) is 4.31 Å². The van der Waals surface area contributed by atoms with Crippen LogP contribution in [0.3, 0.4) is 0 Å². The summed E-state index contributed by atoms with van der Waals surface area (Å²) in [4.78, 5) is 11.5. The van der Waals surface area contributed by atoms with Crippen molar-refractivity contribution in [3.05, 3.63) is 72.6 Å². The molecular formula is C26H31N7O3S. The van der Waals surface area contributed by atoms with Crippen LogP contribution in [-0.2, 0) is 16.6 Å². The minimum atomic E-state index is -3.38. The summed E-state index contributed by atoms with van der Waals surface area (Å²) in [6.45, 7) is 3.09. The molecule has 1 fully saturated rings. The molecule has 3 N–H and O–H groups in total. The molecule has 5 rings (SSSR count). The topological polar surface area (TPSA) is 116 Å². The van der Waals surface area contributed by atoms with Crippen molar-refractivity contribution in [3.8, 4) is 0 Å². The maximum absolute atomic E-state index is 12.1. The highest BCUT2D eigenvalue weighted by Gasteiger charge is 2.19. The smallest absolute Gasteiger partial charge is 0.232 e. The van der Waals surface area contributed by atoms with Crippen LogP contribution in [0.15, 0.2) is 67.0 Å². The van der Waals surface area contributed by atoms with Crippen molar-refractivity contribution in [1.82, 2.24) is 19.9 Å². The van der Waals surface area contributed by atoms with Gasteiger partial charge in [0, 0.05) is 61.9 Å². The number of rotatable bonds is 8. The molecule has 10 nitrogen and oxygen atoms in total. The third kappa shape index (κ3) is 5.53. The molecule has 3 heterocycles. The zero-order valence-electron chi connectivity index (χ0n) is 20.9. The van der Waals surface area contributed by atoms with Crippen molar-refractivity contribution < 1.29 is 13.5 Å². The maximum atomic E-state index is 12.1. The summed E-state index contributed by atoms with van der Waals surface area (Å²) in [6, 6.07) is 17.6. The quantitative estimate of drug-likeness (QED) is 0.324. The summed E-state index contributed by atoms with van der Waals surface area (Å²) in [6.07, 6.45) is 4.91. The number of hydrogen-bond acceptors (Lipinski definition) is 8. The van der Waals surface area contributed by atoms with Crippen LogP contribution < -0.4 is 19.8 Å². The molecule has 37 heavy (non-hydrogen) atoms. The SMILES string of the molecule is CN(c1ccccc1Cn1ccc2cnc(Nc3ccc(N4CCNC(CO)C4)cc3)nc21)S(C)(=O)=O. The highest BCUT2D eigenvalue weighted by Crippen LogP contribution is 2.25. The number of hydrogen-bond donors (Lipinski definition) is 3. The maximum Gasteiger partial charge on any atom is 0.232 e. The molecule has 0 saturated carbocycles. The predicted molar refractivity (Wildman–Crippen MR) is 147 cm³/mol. The van der Waals surface area contributed by atoms with Gasteiger partial charge in [-0.25, -0.2) is 13.4 Å². The van der Waals surface area contributed by atoms with E-state index in [0.29, 0.717) is 18.2 Å². The summed E-state index contributed by atoms with van der Waals surface area (Å²) >= 11 is 0. The number of aliphatic hydroxyl groups is 1. The number of aromatic nitrogens is 3. The Morgan fingerprint density at radius 3 is 2.70 bits per heavy atom. The first-order chi connectivity index (χ1) is 17.8. The van der Waals surface area contributed by atoms with Crippen molar-refractivity contribution in [3.63, 3.8) is 0 Å². The summed E-state index contributed by atoms with van der Waals surface area (Å²) in [7, 11) is -1.82. The third-order valence-electron chi connectivity index (χ3n) is 6.64. The molecular weight excluding hydrogens is 490 g/mol. The standard InChI is InChI=1S/C26H31N7O3S/c1-31(37(2,35)36)24-6-4-3-5-20(24)16-33-13-11-19-15-28-26(30-25(19)33)29-21-7-9-23(10-8-21)32-14-12-27-22(17-32)18-34/h3-11,13,15,22,27,34H,12,14,16-18H2,1-2H3,(H,28,29,30). The molecule has 1 atom stereocenters. The third-order valence-corrected chi connectivity index (χ3v) is 7.83. The molecule has 11 heteroatoms. The van der Waals surface area contributed by atoms with Gasteiger partial charge in [-0.1, -0.05) is 18.2 Å². The number of nitrogens with zero attached hydrogens (tertiary/aromatic N) is 5. The van der Waals surface area contributed by atoms with E-state index in [9.17, 15) is 13.5 Å². The Labute approximate surface area is 216 Å². The van der Waals surface area contributed by atoms with Gasteiger partial charge in [-0.2, -0.15) is 4.98 Å². The average molecular weight is 522 g/mol. The average Bonchev–Trinajstić information content (AvgIpc) is 3.30. The van der Waals surface area contributed by atoms with Gasteiger partial charge in [0.1, 0.15) is 5.65 Å². The molecule has 0 spiro atoms. The van der Waals surface area contributed by atoms with Crippen LogP contribution in [-0.4, -0.2) is 73.6 Å². The molecule has 0 amide bonds. The number of sulfonamides is 1. The van der Waals surface area contributed by atoms with Gasteiger partial charge < -0.3 is 25.2 Å². The molecule has 1 aliphatic rings.